The van der Waals surface area contributed by atoms with Crippen molar-refractivity contribution in [3.05, 3.63) is 41.5 Å². The molecular weight excluding hydrogens is 248 g/mol. The fourth-order valence-electron chi connectivity index (χ4n) is 2.98. The highest BCUT2D eigenvalue weighted by atomic mass is 32.2. The van der Waals surface area contributed by atoms with Gasteiger partial charge in [0.1, 0.15) is 0 Å². The molecule has 1 aliphatic rings. The summed E-state index contributed by atoms with van der Waals surface area (Å²) in [6, 6.07) is 8.95. The lowest BCUT2D eigenvalue weighted by Crippen LogP contribution is -2.10. The number of hydrogen-bond donors (Lipinski definition) is 0. The zero-order chi connectivity index (χ0) is 13.7. The molecule has 0 aromatic heterocycles. The summed E-state index contributed by atoms with van der Waals surface area (Å²) >= 11 is 1.95. The summed E-state index contributed by atoms with van der Waals surface area (Å²) < 4.78 is 0.190. The third kappa shape index (κ3) is 3.25. The molecule has 1 atom stereocenters. The number of unbranched alkanes of at least 4 members (excludes halogenated alkanes) is 4. The molecule has 19 heavy (non-hydrogen) atoms. The minimum Gasteiger partial charge on any atom is -0.150 e. The summed E-state index contributed by atoms with van der Waals surface area (Å²) in [5.74, 6) is 0. The highest BCUT2D eigenvalue weighted by Gasteiger charge is 2.32. The zero-order valence-electron chi connectivity index (χ0n) is 12.5. The molecule has 0 aliphatic heterocycles. The van der Waals surface area contributed by atoms with Crippen LogP contribution in [0.25, 0.3) is 5.57 Å². The molecule has 0 saturated carbocycles. The quantitative estimate of drug-likeness (QED) is 0.548. The topological polar surface area (TPSA) is 0 Å². The van der Waals surface area contributed by atoms with E-state index in [9.17, 15) is 0 Å². The Morgan fingerprint density at radius 1 is 1.05 bits per heavy atom. The molecule has 0 nitrogen and oxygen atoms in total. The number of allylic oxidation sites excluding steroid dienone is 1. The monoisotopic (exact) mass is 274 g/mol. The molecule has 1 aromatic carbocycles. The molecule has 0 bridgehead atoms. The Bertz CT molecular complexity index is 447. The molecule has 1 aliphatic carbocycles. The van der Waals surface area contributed by atoms with Gasteiger partial charge in [-0.3, -0.25) is 0 Å². The Morgan fingerprint density at radius 3 is 2.53 bits per heavy atom. The van der Waals surface area contributed by atoms with Crippen molar-refractivity contribution >= 4 is 17.3 Å². The molecule has 0 amide bonds. The van der Waals surface area contributed by atoms with Gasteiger partial charge < -0.3 is 0 Å². The minimum absolute atomic E-state index is 0.190. The average molecular weight is 274 g/mol. The second kappa shape index (κ2) is 6.65. The molecule has 1 unspecified atom stereocenters. The van der Waals surface area contributed by atoms with Crippen LogP contribution in [-0.4, -0.2) is 6.26 Å². The number of thioether (sulfide) groups is 1. The second-order valence-corrected chi connectivity index (χ2v) is 6.95. The van der Waals surface area contributed by atoms with Crippen LogP contribution >= 0.6 is 11.8 Å². The molecule has 1 aromatic rings. The normalized spacial score (nSPS) is 21.3. The van der Waals surface area contributed by atoms with Crippen LogP contribution in [0, 0.1) is 0 Å². The van der Waals surface area contributed by atoms with E-state index in [1.165, 1.54) is 49.7 Å². The third-order valence-electron chi connectivity index (χ3n) is 4.23. The first kappa shape index (κ1) is 14.7. The summed E-state index contributed by atoms with van der Waals surface area (Å²) in [6.45, 7) is 4.63. The smallest absolute Gasteiger partial charge is 0.0568 e. The van der Waals surface area contributed by atoms with E-state index in [1.807, 2.05) is 11.8 Å². The van der Waals surface area contributed by atoms with Crippen molar-refractivity contribution in [3.8, 4) is 0 Å². The highest BCUT2D eigenvalue weighted by Crippen LogP contribution is 2.47. The number of hydrogen-bond acceptors (Lipinski definition) is 1. The highest BCUT2D eigenvalue weighted by molar-refractivity contribution is 7.99. The van der Waals surface area contributed by atoms with Crippen molar-refractivity contribution in [1.82, 2.24) is 0 Å². The molecule has 0 saturated heterocycles. The maximum absolute atomic E-state index is 2.50. The van der Waals surface area contributed by atoms with Gasteiger partial charge in [0.2, 0.25) is 0 Å². The maximum Gasteiger partial charge on any atom is 0.0568 e. The second-order valence-electron chi connectivity index (χ2n) is 5.69. The van der Waals surface area contributed by atoms with Gasteiger partial charge in [0.15, 0.2) is 0 Å². The molecule has 0 fully saturated rings. The van der Waals surface area contributed by atoms with E-state index >= 15 is 0 Å². The van der Waals surface area contributed by atoms with Crippen molar-refractivity contribution in [2.75, 3.05) is 6.26 Å². The SMILES string of the molecule is CCCCCCCC1=CC(C)(SC)c2ccccc21. The van der Waals surface area contributed by atoms with Crippen molar-refractivity contribution < 1.29 is 0 Å². The van der Waals surface area contributed by atoms with E-state index in [4.69, 9.17) is 0 Å². The average Bonchev–Trinajstić information content (AvgIpc) is 2.73. The van der Waals surface area contributed by atoms with E-state index in [0.717, 1.165) is 0 Å². The lowest BCUT2D eigenvalue weighted by molar-refractivity contribution is 0.640. The van der Waals surface area contributed by atoms with Gasteiger partial charge in [0.25, 0.3) is 0 Å². The van der Waals surface area contributed by atoms with Gasteiger partial charge in [-0.25, -0.2) is 0 Å². The number of fused-ring (bicyclic) bond motifs is 1. The molecule has 0 radical (unpaired) electrons. The summed E-state index contributed by atoms with van der Waals surface area (Å²) in [5, 5.41) is 0. The van der Waals surface area contributed by atoms with Crippen LogP contribution in [0.4, 0.5) is 0 Å². The van der Waals surface area contributed by atoms with Crippen LogP contribution in [0.2, 0.25) is 0 Å². The first-order chi connectivity index (χ1) is 9.21. The summed E-state index contributed by atoms with van der Waals surface area (Å²) in [5.41, 5.74) is 4.57. The maximum atomic E-state index is 2.50. The fourth-order valence-corrected chi connectivity index (χ4v) is 3.64. The Labute approximate surface area is 122 Å². The predicted molar refractivity (Wildman–Crippen MR) is 88.7 cm³/mol. The van der Waals surface area contributed by atoms with Gasteiger partial charge in [0, 0.05) is 0 Å². The molecule has 0 heterocycles. The van der Waals surface area contributed by atoms with Crippen molar-refractivity contribution in [2.24, 2.45) is 0 Å². The Hall–Kier alpha value is -0.690. The Kier molecular flexibility index (Phi) is 5.15. The largest absolute Gasteiger partial charge is 0.150 e. The molecule has 104 valence electrons. The number of rotatable bonds is 7. The molecular formula is C18H26S. The van der Waals surface area contributed by atoms with Gasteiger partial charge in [-0.05, 0) is 42.7 Å². The van der Waals surface area contributed by atoms with Gasteiger partial charge >= 0.3 is 0 Å². The minimum atomic E-state index is 0.190. The first-order valence-electron chi connectivity index (χ1n) is 7.58. The van der Waals surface area contributed by atoms with E-state index in [2.05, 4.69) is 50.4 Å². The van der Waals surface area contributed by atoms with E-state index in [1.54, 1.807) is 5.57 Å². The number of benzene rings is 1. The van der Waals surface area contributed by atoms with E-state index in [0.29, 0.717) is 0 Å². The molecule has 1 heteroatoms. The fraction of sp³-hybridized carbons (Fsp3) is 0.556. The third-order valence-corrected chi connectivity index (χ3v) is 5.42. The van der Waals surface area contributed by atoms with E-state index < -0.39 is 0 Å². The van der Waals surface area contributed by atoms with Crippen LogP contribution in [0.3, 0.4) is 0 Å². The van der Waals surface area contributed by atoms with Crippen LogP contribution in [0.15, 0.2) is 30.3 Å². The summed E-state index contributed by atoms with van der Waals surface area (Å²) in [4.78, 5) is 0. The van der Waals surface area contributed by atoms with Gasteiger partial charge in [0.05, 0.1) is 4.75 Å². The van der Waals surface area contributed by atoms with Gasteiger partial charge in [-0.1, -0.05) is 62.9 Å². The Balaban J connectivity index is 2.03. The van der Waals surface area contributed by atoms with Crippen molar-refractivity contribution in [3.63, 3.8) is 0 Å². The molecule has 0 spiro atoms. The molecule has 0 N–H and O–H groups in total. The van der Waals surface area contributed by atoms with Crippen LogP contribution < -0.4 is 0 Å². The van der Waals surface area contributed by atoms with Crippen molar-refractivity contribution in [1.29, 1.82) is 0 Å². The first-order valence-corrected chi connectivity index (χ1v) is 8.80. The van der Waals surface area contributed by atoms with E-state index in [-0.39, 0.29) is 4.75 Å². The standard InChI is InChI=1S/C18H26S/c1-4-5-6-7-8-11-15-14-18(2,19-3)17-13-10-9-12-16(15)17/h9-10,12-14H,4-8,11H2,1-3H3. The lowest BCUT2D eigenvalue weighted by Gasteiger charge is -2.20. The van der Waals surface area contributed by atoms with Gasteiger partial charge in [-0.15, -0.1) is 11.8 Å². The van der Waals surface area contributed by atoms with Crippen LogP contribution in [-0.2, 0) is 4.75 Å². The van der Waals surface area contributed by atoms with Crippen LogP contribution in [0.1, 0.15) is 63.5 Å². The lowest BCUT2D eigenvalue weighted by atomic mass is 9.99. The predicted octanol–water partition coefficient (Wildman–Crippen LogP) is 6.02. The van der Waals surface area contributed by atoms with Crippen LogP contribution in [0.5, 0.6) is 0 Å². The summed E-state index contributed by atoms with van der Waals surface area (Å²) in [7, 11) is 0. The Morgan fingerprint density at radius 2 is 1.79 bits per heavy atom. The van der Waals surface area contributed by atoms with Crippen molar-refractivity contribution in [2.45, 2.75) is 57.1 Å². The molecule has 2 rings (SSSR count). The zero-order valence-corrected chi connectivity index (χ0v) is 13.4. The summed E-state index contributed by atoms with van der Waals surface area (Å²) in [6.07, 6.45) is 12.8. The van der Waals surface area contributed by atoms with Gasteiger partial charge in [-0.2, -0.15) is 0 Å².